The van der Waals surface area contributed by atoms with Crippen molar-refractivity contribution < 1.29 is 33.0 Å². The lowest BCUT2D eigenvalue weighted by molar-refractivity contribution is 0.0630. The Morgan fingerprint density at radius 1 is 1.07 bits per heavy atom. The van der Waals surface area contributed by atoms with E-state index >= 15 is 0 Å². The Morgan fingerprint density at radius 2 is 1.80 bits per heavy atom. The molecule has 2 heterocycles. The normalized spacial score (nSPS) is 21.2. The molecular weight excluding hydrogens is 568 g/mol. The zero-order valence-electron chi connectivity index (χ0n) is 25.0. The second kappa shape index (κ2) is 14.3. The molecule has 2 aliphatic rings. The SMILES string of the molecule is COC[C@H]1CCCN1C(=O)c1cc(C)cc(C(=O)N[C@@H](Cc2cc(F)cc(F)c2)C(O)C2C[C@@H](Oc3ccccc3)CN2)c1. The second-order valence-electron chi connectivity index (χ2n) is 11.7. The maximum absolute atomic E-state index is 14.1. The number of aliphatic hydroxyl groups is 1. The van der Waals surface area contributed by atoms with Gasteiger partial charge in [0.25, 0.3) is 11.8 Å². The van der Waals surface area contributed by atoms with Gasteiger partial charge in [0.15, 0.2) is 0 Å². The number of hydrogen-bond donors (Lipinski definition) is 3. The highest BCUT2D eigenvalue weighted by atomic mass is 19.1. The minimum Gasteiger partial charge on any atom is -0.489 e. The van der Waals surface area contributed by atoms with Crippen molar-refractivity contribution in [2.75, 3.05) is 26.8 Å². The van der Waals surface area contributed by atoms with Crippen molar-refractivity contribution in [3.63, 3.8) is 0 Å². The number of halogens is 2. The fourth-order valence-corrected chi connectivity index (χ4v) is 6.22. The van der Waals surface area contributed by atoms with Crippen LogP contribution in [0.4, 0.5) is 8.78 Å². The van der Waals surface area contributed by atoms with Crippen LogP contribution in [0.2, 0.25) is 0 Å². The van der Waals surface area contributed by atoms with Crippen LogP contribution >= 0.6 is 0 Å². The molecule has 3 aromatic rings. The number of aryl methyl sites for hydroxylation is 1. The largest absolute Gasteiger partial charge is 0.489 e. The van der Waals surface area contributed by atoms with E-state index in [1.54, 1.807) is 37.1 Å². The van der Waals surface area contributed by atoms with Gasteiger partial charge in [-0.15, -0.1) is 0 Å². The van der Waals surface area contributed by atoms with E-state index in [2.05, 4.69) is 10.6 Å². The first-order valence-electron chi connectivity index (χ1n) is 15.0. The van der Waals surface area contributed by atoms with Gasteiger partial charge >= 0.3 is 0 Å². The Bertz CT molecular complexity index is 1440. The molecule has 0 saturated carbocycles. The highest BCUT2D eigenvalue weighted by Crippen LogP contribution is 2.24. The third-order valence-electron chi connectivity index (χ3n) is 8.27. The van der Waals surface area contributed by atoms with Gasteiger partial charge in [0.2, 0.25) is 0 Å². The van der Waals surface area contributed by atoms with Gasteiger partial charge in [0, 0.05) is 49.9 Å². The highest BCUT2D eigenvalue weighted by Gasteiger charge is 2.36. The monoisotopic (exact) mass is 607 g/mol. The number of benzene rings is 3. The lowest BCUT2D eigenvalue weighted by atomic mass is 9.94. The topological polar surface area (TPSA) is 100 Å². The average Bonchev–Trinajstić information content (AvgIpc) is 3.66. The Morgan fingerprint density at radius 3 is 2.52 bits per heavy atom. The molecule has 10 heteroatoms. The summed E-state index contributed by atoms with van der Waals surface area (Å²) in [5, 5.41) is 17.7. The molecule has 2 fully saturated rings. The first-order chi connectivity index (χ1) is 21.2. The molecule has 2 unspecified atom stereocenters. The van der Waals surface area contributed by atoms with Crippen LogP contribution in [0.15, 0.2) is 66.7 Å². The molecule has 2 aliphatic heterocycles. The summed E-state index contributed by atoms with van der Waals surface area (Å²) in [6.45, 7) is 3.35. The third-order valence-corrected chi connectivity index (χ3v) is 8.27. The molecule has 0 aromatic heterocycles. The van der Waals surface area contributed by atoms with Crippen LogP contribution in [0, 0.1) is 18.6 Å². The number of para-hydroxylation sites is 1. The summed E-state index contributed by atoms with van der Waals surface area (Å²) in [5.41, 5.74) is 1.66. The number of methoxy groups -OCH3 is 1. The standard InChI is InChI=1S/C34H39F2N3O5/c1-21-11-23(16-24(12-21)34(42)39-10-6-7-27(39)20-43-2)33(41)38-31(15-22-13-25(35)17-26(36)14-22)32(40)30-18-29(19-37-30)44-28-8-4-3-5-9-28/h3-5,8-9,11-14,16-17,27,29-32,37,40H,6-7,10,15,18-20H2,1-2H3,(H,38,41)/t27-,29-,30?,31+,32?/m1/s1. The fourth-order valence-electron chi connectivity index (χ4n) is 6.22. The van der Waals surface area contributed by atoms with Crippen molar-refractivity contribution in [2.45, 2.75) is 62.9 Å². The molecule has 8 nitrogen and oxygen atoms in total. The Hall–Kier alpha value is -3.86. The van der Waals surface area contributed by atoms with Crippen LogP contribution < -0.4 is 15.4 Å². The first kappa shape index (κ1) is 31.6. The Balaban J connectivity index is 1.34. The molecule has 0 aliphatic carbocycles. The predicted octanol–water partition coefficient (Wildman–Crippen LogP) is 4.04. The van der Waals surface area contributed by atoms with Crippen LogP contribution in [0.1, 0.15) is 51.1 Å². The Labute approximate surface area is 256 Å². The van der Waals surface area contributed by atoms with Gasteiger partial charge in [-0.1, -0.05) is 18.2 Å². The smallest absolute Gasteiger partial charge is 0.254 e. The molecule has 5 rings (SSSR count). The Kier molecular flexibility index (Phi) is 10.2. The summed E-state index contributed by atoms with van der Waals surface area (Å²) >= 11 is 0. The summed E-state index contributed by atoms with van der Waals surface area (Å²) in [6.07, 6.45) is 0.852. The van der Waals surface area contributed by atoms with Crippen LogP contribution in [0.25, 0.3) is 0 Å². The molecule has 5 atom stereocenters. The van der Waals surface area contributed by atoms with Gasteiger partial charge in [-0.25, -0.2) is 8.78 Å². The minimum atomic E-state index is -1.11. The zero-order chi connectivity index (χ0) is 31.2. The number of nitrogens with zero attached hydrogens (tertiary/aromatic N) is 1. The predicted molar refractivity (Wildman–Crippen MR) is 162 cm³/mol. The van der Waals surface area contributed by atoms with Crippen molar-refractivity contribution in [3.8, 4) is 5.75 Å². The molecule has 44 heavy (non-hydrogen) atoms. The summed E-state index contributed by atoms with van der Waals surface area (Å²) in [5.74, 6) is -1.46. The molecule has 0 radical (unpaired) electrons. The summed E-state index contributed by atoms with van der Waals surface area (Å²) in [4.78, 5) is 28.9. The van der Waals surface area contributed by atoms with E-state index in [1.165, 1.54) is 12.1 Å². The molecule has 0 spiro atoms. The van der Waals surface area contributed by atoms with E-state index in [9.17, 15) is 23.5 Å². The quantitative estimate of drug-likeness (QED) is 0.305. The van der Waals surface area contributed by atoms with E-state index in [4.69, 9.17) is 9.47 Å². The fraction of sp³-hybridized carbons (Fsp3) is 0.412. The number of ether oxygens (including phenoxy) is 2. The molecule has 0 bridgehead atoms. The minimum absolute atomic E-state index is 0.0198. The van der Waals surface area contributed by atoms with Crippen molar-refractivity contribution in [2.24, 2.45) is 0 Å². The van der Waals surface area contributed by atoms with Crippen molar-refractivity contribution in [1.82, 2.24) is 15.5 Å². The number of aliphatic hydroxyl groups excluding tert-OH is 1. The van der Waals surface area contributed by atoms with Gasteiger partial charge in [-0.3, -0.25) is 9.59 Å². The number of carbonyl (C=O) groups excluding carboxylic acids is 2. The van der Waals surface area contributed by atoms with Crippen LogP contribution in [-0.4, -0.2) is 79.0 Å². The van der Waals surface area contributed by atoms with E-state index in [0.29, 0.717) is 43.0 Å². The van der Waals surface area contributed by atoms with Gasteiger partial charge in [0.1, 0.15) is 23.5 Å². The summed E-state index contributed by atoms with van der Waals surface area (Å²) in [6, 6.07) is 16.1. The van der Waals surface area contributed by atoms with Gasteiger partial charge in [0.05, 0.1) is 24.8 Å². The van der Waals surface area contributed by atoms with E-state index < -0.39 is 35.7 Å². The third kappa shape index (κ3) is 7.80. The molecule has 234 valence electrons. The number of nitrogens with one attached hydrogen (secondary N) is 2. The van der Waals surface area contributed by atoms with Crippen molar-refractivity contribution >= 4 is 11.8 Å². The van der Waals surface area contributed by atoms with E-state index in [0.717, 1.165) is 24.5 Å². The summed E-state index contributed by atoms with van der Waals surface area (Å²) in [7, 11) is 1.61. The lowest BCUT2D eigenvalue weighted by Gasteiger charge is -2.29. The molecule has 2 saturated heterocycles. The van der Waals surface area contributed by atoms with Crippen LogP contribution in [0.5, 0.6) is 5.75 Å². The molecule has 3 N–H and O–H groups in total. The zero-order valence-corrected chi connectivity index (χ0v) is 25.0. The molecular formula is C34H39F2N3O5. The number of rotatable bonds is 11. The number of amides is 2. The second-order valence-corrected chi connectivity index (χ2v) is 11.7. The van der Waals surface area contributed by atoms with Gasteiger partial charge in [-0.2, -0.15) is 0 Å². The summed E-state index contributed by atoms with van der Waals surface area (Å²) < 4.78 is 39.5. The average molecular weight is 608 g/mol. The lowest BCUT2D eigenvalue weighted by Crippen LogP contribution is -2.52. The maximum atomic E-state index is 14.1. The van der Waals surface area contributed by atoms with Crippen molar-refractivity contribution in [1.29, 1.82) is 0 Å². The molecule has 3 aromatic carbocycles. The number of hydrogen-bond acceptors (Lipinski definition) is 6. The van der Waals surface area contributed by atoms with E-state index in [-0.39, 0.29) is 30.0 Å². The van der Waals surface area contributed by atoms with Crippen molar-refractivity contribution in [3.05, 3.63) is 101 Å². The van der Waals surface area contributed by atoms with Crippen LogP contribution in [-0.2, 0) is 11.2 Å². The van der Waals surface area contributed by atoms with Gasteiger partial charge < -0.3 is 30.1 Å². The number of carbonyl (C=O) groups is 2. The maximum Gasteiger partial charge on any atom is 0.254 e. The number of likely N-dealkylation sites (tertiary alicyclic amines) is 1. The first-order valence-corrected chi connectivity index (χ1v) is 15.0. The van der Waals surface area contributed by atoms with Crippen LogP contribution in [0.3, 0.4) is 0 Å². The van der Waals surface area contributed by atoms with Gasteiger partial charge in [-0.05, 0) is 79.8 Å². The molecule has 2 amide bonds. The highest BCUT2D eigenvalue weighted by molar-refractivity contribution is 6.00. The van der Waals surface area contributed by atoms with E-state index in [1.807, 2.05) is 30.3 Å².